The Hall–Kier alpha value is -2.48. The summed E-state index contributed by atoms with van der Waals surface area (Å²) in [6.07, 6.45) is 4.84. The van der Waals surface area contributed by atoms with Crippen molar-refractivity contribution in [2.24, 2.45) is 0 Å². The van der Waals surface area contributed by atoms with Crippen LogP contribution in [0.2, 0.25) is 0 Å². The zero-order chi connectivity index (χ0) is 18.2. The van der Waals surface area contributed by atoms with Crippen molar-refractivity contribution in [3.05, 3.63) is 78.0 Å². The molecule has 0 unspecified atom stereocenters. The van der Waals surface area contributed by atoms with E-state index in [9.17, 15) is 0 Å². The number of fused-ring (bicyclic) bond motifs is 3. The van der Waals surface area contributed by atoms with Crippen molar-refractivity contribution in [1.82, 2.24) is 0 Å². The number of aromatic nitrogens is 1. The van der Waals surface area contributed by atoms with Crippen molar-refractivity contribution in [3.63, 3.8) is 0 Å². The van der Waals surface area contributed by atoms with Gasteiger partial charge in [0.05, 0.1) is 12.0 Å². The van der Waals surface area contributed by atoms with Crippen LogP contribution in [0, 0.1) is 13.8 Å². The van der Waals surface area contributed by atoms with Crippen molar-refractivity contribution in [2.45, 2.75) is 32.7 Å². The standard InChI is InChI=1S/C23H28N2/c1-7-13-24(6)14-12-23(17(2)3)21-11-9-8-10-20(21)22-16-18(4)15-19(5)25(22)23/h7-11,13,15-16H,1-2,12,14H2,3-6H3/q+2/b24-13+/t23-/m1/s1. The van der Waals surface area contributed by atoms with Gasteiger partial charge < -0.3 is 0 Å². The molecule has 1 aromatic carbocycles. The molecule has 0 spiro atoms. The fourth-order valence-electron chi connectivity index (χ4n) is 4.27. The van der Waals surface area contributed by atoms with Crippen LogP contribution in [0.1, 0.15) is 30.2 Å². The van der Waals surface area contributed by atoms with Crippen LogP contribution in [0.4, 0.5) is 0 Å². The number of allylic oxidation sites excluding steroid dienone is 2. The van der Waals surface area contributed by atoms with Crippen molar-refractivity contribution in [3.8, 4) is 11.3 Å². The topological polar surface area (TPSA) is 6.89 Å². The monoisotopic (exact) mass is 332 g/mol. The van der Waals surface area contributed by atoms with Gasteiger partial charge in [0.1, 0.15) is 13.6 Å². The number of nitrogens with zero attached hydrogens (tertiary/aromatic N) is 2. The van der Waals surface area contributed by atoms with Gasteiger partial charge in [-0.1, -0.05) is 31.4 Å². The van der Waals surface area contributed by atoms with Gasteiger partial charge in [-0.05, 0) is 37.1 Å². The van der Waals surface area contributed by atoms with E-state index >= 15 is 0 Å². The summed E-state index contributed by atoms with van der Waals surface area (Å²) in [4.78, 5) is 0. The van der Waals surface area contributed by atoms with E-state index in [1.807, 2.05) is 12.3 Å². The van der Waals surface area contributed by atoms with Crippen LogP contribution in [0.25, 0.3) is 11.3 Å². The quantitative estimate of drug-likeness (QED) is 0.440. The van der Waals surface area contributed by atoms with Crippen LogP contribution in [-0.2, 0) is 5.54 Å². The molecule has 1 aromatic heterocycles. The summed E-state index contributed by atoms with van der Waals surface area (Å²) in [5.41, 5.74) is 7.55. The van der Waals surface area contributed by atoms with Gasteiger partial charge in [0.2, 0.25) is 11.2 Å². The second kappa shape index (κ2) is 6.44. The molecule has 0 N–H and O–H groups in total. The average molecular weight is 332 g/mol. The van der Waals surface area contributed by atoms with E-state index in [4.69, 9.17) is 0 Å². The highest BCUT2D eigenvalue weighted by Crippen LogP contribution is 2.44. The highest BCUT2D eigenvalue weighted by Gasteiger charge is 2.53. The van der Waals surface area contributed by atoms with Crippen LogP contribution in [0.3, 0.4) is 0 Å². The minimum Gasteiger partial charge on any atom is -0.238 e. The summed E-state index contributed by atoms with van der Waals surface area (Å²) in [5.74, 6) is 0. The van der Waals surface area contributed by atoms with E-state index in [-0.39, 0.29) is 5.54 Å². The fourth-order valence-corrected chi connectivity index (χ4v) is 4.27. The van der Waals surface area contributed by atoms with Gasteiger partial charge in [0.15, 0.2) is 11.9 Å². The van der Waals surface area contributed by atoms with E-state index in [0.29, 0.717) is 0 Å². The molecular weight excluding hydrogens is 304 g/mol. The van der Waals surface area contributed by atoms with Gasteiger partial charge in [-0.3, -0.25) is 0 Å². The summed E-state index contributed by atoms with van der Waals surface area (Å²) < 4.78 is 4.69. The third kappa shape index (κ3) is 2.66. The van der Waals surface area contributed by atoms with Crippen molar-refractivity contribution in [1.29, 1.82) is 0 Å². The van der Waals surface area contributed by atoms with Crippen LogP contribution < -0.4 is 4.57 Å². The molecule has 2 heterocycles. The van der Waals surface area contributed by atoms with E-state index in [1.54, 1.807) is 0 Å². The lowest BCUT2D eigenvalue weighted by molar-refractivity contribution is -0.738. The second-order valence-electron chi connectivity index (χ2n) is 7.20. The molecule has 0 amide bonds. The van der Waals surface area contributed by atoms with Crippen LogP contribution in [0.15, 0.2) is 61.2 Å². The van der Waals surface area contributed by atoms with Crippen LogP contribution >= 0.6 is 0 Å². The zero-order valence-corrected chi connectivity index (χ0v) is 15.8. The Bertz CT molecular complexity index is 889. The summed E-state index contributed by atoms with van der Waals surface area (Å²) in [7, 11) is 2.10. The molecule has 0 bridgehead atoms. The molecule has 1 atom stereocenters. The molecule has 0 radical (unpaired) electrons. The molecule has 0 saturated heterocycles. The maximum atomic E-state index is 4.42. The summed E-state index contributed by atoms with van der Waals surface area (Å²) in [6.45, 7) is 15.7. The first-order valence-corrected chi connectivity index (χ1v) is 8.87. The molecule has 2 aromatic rings. The molecule has 1 aliphatic rings. The summed E-state index contributed by atoms with van der Waals surface area (Å²) in [6, 6.07) is 13.4. The minimum atomic E-state index is -0.201. The lowest BCUT2D eigenvalue weighted by Gasteiger charge is -2.26. The molecule has 1 aliphatic heterocycles. The van der Waals surface area contributed by atoms with Gasteiger partial charge in [-0.2, -0.15) is 4.57 Å². The molecule has 0 saturated carbocycles. The number of rotatable bonds is 5. The molecular formula is C23H28N2+2. The zero-order valence-electron chi connectivity index (χ0n) is 15.8. The first-order chi connectivity index (χ1) is 11.9. The van der Waals surface area contributed by atoms with Gasteiger partial charge >= 0.3 is 0 Å². The Kier molecular flexibility index (Phi) is 4.47. The number of hydrogen-bond donors (Lipinski definition) is 0. The van der Waals surface area contributed by atoms with E-state index in [0.717, 1.165) is 13.0 Å². The summed E-state index contributed by atoms with van der Waals surface area (Å²) >= 11 is 0. The van der Waals surface area contributed by atoms with Gasteiger partial charge in [-0.15, -0.1) is 0 Å². The number of hydrogen-bond acceptors (Lipinski definition) is 0. The predicted molar refractivity (Wildman–Crippen MR) is 105 cm³/mol. The number of pyridine rings is 1. The van der Waals surface area contributed by atoms with E-state index < -0.39 is 0 Å². The molecule has 2 heteroatoms. The second-order valence-corrected chi connectivity index (χ2v) is 7.20. The third-order valence-electron chi connectivity index (χ3n) is 5.32. The van der Waals surface area contributed by atoms with Crippen molar-refractivity contribution in [2.75, 3.05) is 13.6 Å². The average Bonchev–Trinajstić information content (AvgIpc) is 2.85. The molecule has 3 rings (SSSR count). The Balaban J connectivity index is 2.27. The normalized spacial score (nSPS) is 18.6. The molecule has 25 heavy (non-hydrogen) atoms. The Morgan fingerprint density at radius 3 is 2.64 bits per heavy atom. The number of benzene rings is 1. The Labute approximate surface area is 151 Å². The van der Waals surface area contributed by atoms with Crippen molar-refractivity contribution < 1.29 is 9.14 Å². The fraction of sp³-hybridized carbons (Fsp3) is 0.304. The lowest BCUT2D eigenvalue weighted by Crippen LogP contribution is -2.58. The molecule has 0 aliphatic carbocycles. The van der Waals surface area contributed by atoms with Gasteiger partial charge in [0, 0.05) is 24.6 Å². The Morgan fingerprint density at radius 2 is 1.96 bits per heavy atom. The smallest absolute Gasteiger partial charge is 0.221 e. The predicted octanol–water partition coefficient (Wildman–Crippen LogP) is 4.18. The maximum Gasteiger partial charge on any atom is 0.221 e. The molecule has 2 nitrogen and oxygen atoms in total. The molecule has 128 valence electrons. The van der Waals surface area contributed by atoms with Crippen molar-refractivity contribution >= 4 is 6.21 Å². The van der Waals surface area contributed by atoms with E-state index in [2.05, 4.69) is 86.5 Å². The first kappa shape index (κ1) is 17.3. The third-order valence-corrected chi connectivity index (χ3v) is 5.32. The largest absolute Gasteiger partial charge is 0.238 e. The first-order valence-electron chi connectivity index (χ1n) is 8.87. The Morgan fingerprint density at radius 1 is 1.24 bits per heavy atom. The SMILES string of the molecule is C=C/C=[N+](\C)CC[C@@]1(C(=C)C)c2ccccc2-c2cc(C)cc(C)[n+]21. The summed E-state index contributed by atoms with van der Waals surface area (Å²) in [5, 5.41) is 0. The highest BCUT2D eigenvalue weighted by molar-refractivity contribution is 5.68. The number of aryl methyl sites for hydroxylation is 2. The minimum absolute atomic E-state index is 0.201. The maximum absolute atomic E-state index is 4.42. The van der Waals surface area contributed by atoms with E-state index in [1.165, 1.54) is 33.7 Å². The van der Waals surface area contributed by atoms with Gasteiger partial charge in [0.25, 0.3) is 0 Å². The lowest BCUT2D eigenvalue weighted by atomic mass is 9.81. The van der Waals surface area contributed by atoms with Crippen LogP contribution in [-0.4, -0.2) is 24.4 Å². The molecule has 0 fully saturated rings. The highest BCUT2D eigenvalue weighted by atomic mass is 15.1. The van der Waals surface area contributed by atoms with Gasteiger partial charge in [-0.25, -0.2) is 4.58 Å². The van der Waals surface area contributed by atoms with Crippen LogP contribution in [0.5, 0.6) is 0 Å².